The molecular formula is C23H23N3O4. The molecule has 0 spiro atoms. The Balaban J connectivity index is 1.39. The molecule has 5 rings (SSSR count). The number of hydrogen-bond acceptors (Lipinski definition) is 6. The number of rotatable bonds is 4. The molecule has 0 radical (unpaired) electrons. The van der Waals surface area contributed by atoms with E-state index in [0.717, 1.165) is 48.3 Å². The predicted molar refractivity (Wildman–Crippen MR) is 110 cm³/mol. The second-order valence-electron chi connectivity index (χ2n) is 7.83. The molecule has 0 bridgehead atoms. The van der Waals surface area contributed by atoms with Gasteiger partial charge in [-0.1, -0.05) is 24.1 Å². The van der Waals surface area contributed by atoms with E-state index < -0.39 is 5.54 Å². The van der Waals surface area contributed by atoms with Crippen molar-refractivity contribution in [3.63, 3.8) is 0 Å². The lowest BCUT2D eigenvalue weighted by Gasteiger charge is -2.32. The lowest BCUT2D eigenvalue weighted by atomic mass is 9.87. The number of aryl methyl sites for hydroxylation is 1. The van der Waals surface area contributed by atoms with Crippen LogP contribution >= 0.6 is 0 Å². The van der Waals surface area contributed by atoms with Gasteiger partial charge in [0.1, 0.15) is 13.2 Å². The molecule has 1 amide bonds. The molecule has 2 heterocycles. The smallest absolute Gasteiger partial charge is 0.257 e. The van der Waals surface area contributed by atoms with Crippen LogP contribution in [0.25, 0.3) is 11.5 Å². The van der Waals surface area contributed by atoms with Crippen molar-refractivity contribution in [2.75, 3.05) is 13.2 Å². The molecule has 0 unspecified atom stereocenters. The summed E-state index contributed by atoms with van der Waals surface area (Å²) >= 11 is 0. The summed E-state index contributed by atoms with van der Waals surface area (Å²) in [6.07, 6.45) is 3.95. The van der Waals surface area contributed by atoms with Gasteiger partial charge in [0.25, 0.3) is 11.8 Å². The van der Waals surface area contributed by atoms with E-state index in [0.29, 0.717) is 30.5 Å². The van der Waals surface area contributed by atoms with Crippen LogP contribution in [0.4, 0.5) is 0 Å². The van der Waals surface area contributed by atoms with Crippen LogP contribution in [0.2, 0.25) is 0 Å². The minimum Gasteiger partial charge on any atom is -0.486 e. The van der Waals surface area contributed by atoms with E-state index in [1.807, 2.05) is 30.3 Å². The molecule has 3 aromatic rings. The van der Waals surface area contributed by atoms with Gasteiger partial charge in [-0.15, -0.1) is 0 Å². The van der Waals surface area contributed by atoms with Gasteiger partial charge < -0.3 is 19.3 Å². The summed E-state index contributed by atoms with van der Waals surface area (Å²) in [5.74, 6) is 2.44. The van der Waals surface area contributed by atoms with E-state index in [2.05, 4.69) is 15.5 Å². The van der Waals surface area contributed by atoms with Gasteiger partial charge in [-0.2, -0.15) is 4.98 Å². The van der Waals surface area contributed by atoms with Crippen molar-refractivity contribution in [1.82, 2.24) is 15.5 Å². The van der Waals surface area contributed by atoms with E-state index >= 15 is 0 Å². The van der Waals surface area contributed by atoms with Crippen molar-refractivity contribution in [2.45, 2.75) is 38.1 Å². The van der Waals surface area contributed by atoms with E-state index in [-0.39, 0.29) is 5.91 Å². The lowest BCUT2D eigenvalue weighted by molar-refractivity contribution is 0.0897. The second kappa shape index (κ2) is 7.48. The quantitative estimate of drug-likeness (QED) is 0.706. The highest BCUT2D eigenvalue weighted by Crippen LogP contribution is 2.42. The van der Waals surface area contributed by atoms with E-state index in [1.54, 1.807) is 19.1 Å². The van der Waals surface area contributed by atoms with Crippen molar-refractivity contribution >= 4 is 5.91 Å². The van der Waals surface area contributed by atoms with Gasteiger partial charge in [-0.25, -0.2) is 0 Å². The van der Waals surface area contributed by atoms with Gasteiger partial charge in [0.05, 0.1) is 5.54 Å². The Morgan fingerprint density at radius 3 is 2.43 bits per heavy atom. The Bertz CT molecular complexity index is 1070. The highest BCUT2D eigenvalue weighted by molar-refractivity contribution is 5.95. The first-order chi connectivity index (χ1) is 14.6. The third-order valence-corrected chi connectivity index (χ3v) is 5.83. The Morgan fingerprint density at radius 1 is 1.00 bits per heavy atom. The molecule has 0 saturated heterocycles. The fourth-order valence-electron chi connectivity index (χ4n) is 4.27. The molecule has 154 valence electrons. The first-order valence-corrected chi connectivity index (χ1v) is 10.3. The Hall–Kier alpha value is -3.35. The van der Waals surface area contributed by atoms with Gasteiger partial charge in [-0.05, 0) is 61.7 Å². The van der Waals surface area contributed by atoms with E-state index in [9.17, 15) is 4.79 Å². The summed E-state index contributed by atoms with van der Waals surface area (Å²) in [7, 11) is 0. The number of hydrogen-bond donors (Lipinski definition) is 1. The van der Waals surface area contributed by atoms with Crippen molar-refractivity contribution in [1.29, 1.82) is 0 Å². The highest BCUT2D eigenvalue weighted by atomic mass is 16.6. The summed E-state index contributed by atoms with van der Waals surface area (Å²) in [4.78, 5) is 17.3. The number of carbonyl (C=O) groups excluding carboxylic acids is 1. The molecule has 30 heavy (non-hydrogen) atoms. The van der Waals surface area contributed by atoms with Crippen LogP contribution in [0.5, 0.6) is 11.5 Å². The maximum Gasteiger partial charge on any atom is 0.257 e. The number of amides is 1. The molecule has 1 saturated carbocycles. The Morgan fingerprint density at radius 2 is 1.73 bits per heavy atom. The van der Waals surface area contributed by atoms with Crippen LogP contribution in [-0.4, -0.2) is 29.3 Å². The Kier molecular flexibility index (Phi) is 4.65. The van der Waals surface area contributed by atoms with E-state index in [4.69, 9.17) is 14.0 Å². The number of aromatic nitrogens is 2. The number of ether oxygens (including phenoxy) is 2. The second-order valence-corrected chi connectivity index (χ2v) is 7.83. The maximum atomic E-state index is 13.1. The van der Waals surface area contributed by atoms with Crippen molar-refractivity contribution in [3.05, 3.63) is 59.4 Å². The summed E-state index contributed by atoms with van der Waals surface area (Å²) in [6.45, 7) is 2.88. The molecule has 0 atom stereocenters. The van der Waals surface area contributed by atoms with Crippen molar-refractivity contribution in [3.8, 4) is 23.0 Å². The highest BCUT2D eigenvalue weighted by Gasteiger charge is 2.38. The van der Waals surface area contributed by atoms with Gasteiger partial charge >= 0.3 is 0 Å². The van der Waals surface area contributed by atoms with Gasteiger partial charge in [0, 0.05) is 11.1 Å². The number of nitrogens with one attached hydrogen (secondary N) is 1. The summed E-state index contributed by atoms with van der Waals surface area (Å²) in [5.41, 5.74) is 2.05. The minimum atomic E-state index is -0.394. The number of benzene rings is 2. The van der Waals surface area contributed by atoms with Crippen LogP contribution in [0.15, 0.2) is 47.0 Å². The molecule has 1 N–H and O–H groups in total. The van der Waals surface area contributed by atoms with Crippen molar-refractivity contribution < 1.29 is 18.8 Å². The molecular weight excluding hydrogens is 382 g/mol. The van der Waals surface area contributed by atoms with Crippen LogP contribution in [0.1, 0.15) is 47.4 Å². The van der Waals surface area contributed by atoms with Crippen LogP contribution < -0.4 is 14.8 Å². The Labute approximate surface area is 174 Å². The van der Waals surface area contributed by atoms with Gasteiger partial charge in [0.2, 0.25) is 0 Å². The van der Waals surface area contributed by atoms with Crippen LogP contribution in [0, 0.1) is 6.92 Å². The average Bonchev–Trinajstić information content (AvgIpc) is 3.43. The zero-order chi connectivity index (χ0) is 20.6. The topological polar surface area (TPSA) is 86.5 Å². The first-order valence-electron chi connectivity index (χ1n) is 10.3. The van der Waals surface area contributed by atoms with Crippen LogP contribution in [-0.2, 0) is 5.54 Å². The normalized spacial score (nSPS) is 17.0. The summed E-state index contributed by atoms with van der Waals surface area (Å²) in [5, 5.41) is 7.12. The number of fused-ring (bicyclic) bond motifs is 1. The molecule has 1 aliphatic carbocycles. The molecule has 7 nitrogen and oxygen atoms in total. The summed E-state index contributed by atoms with van der Waals surface area (Å²) < 4.78 is 16.6. The third-order valence-electron chi connectivity index (χ3n) is 5.83. The minimum absolute atomic E-state index is 0.0972. The molecule has 1 fully saturated rings. The number of nitrogens with zero attached hydrogens (tertiary/aromatic N) is 2. The summed E-state index contributed by atoms with van der Waals surface area (Å²) in [6, 6.07) is 13.2. The predicted octanol–water partition coefficient (Wildman–Crippen LogP) is 4.02. The molecule has 1 aliphatic heterocycles. The fourth-order valence-corrected chi connectivity index (χ4v) is 4.27. The molecule has 2 aliphatic rings. The molecule has 7 heteroatoms. The number of carbonyl (C=O) groups is 1. The molecule has 1 aromatic heterocycles. The first kappa shape index (κ1) is 18.7. The molecule has 2 aromatic carbocycles. The fraction of sp³-hybridized carbons (Fsp3) is 0.348. The van der Waals surface area contributed by atoms with E-state index in [1.165, 1.54) is 0 Å². The lowest BCUT2D eigenvalue weighted by Crippen LogP contribution is -2.43. The zero-order valence-corrected chi connectivity index (χ0v) is 16.8. The maximum absolute atomic E-state index is 13.1. The van der Waals surface area contributed by atoms with Gasteiger partial charge in [0.15, 0.2) is 17.3 Å². The third kappa shape index (κ3) is 3.40. The monoisotopic (exact) mass is 405 g/mol. The van der Waals surface area contributed by atoms with Gasteiger partial charge in [-0.3, -0.25) is 4.79 Å². The van der Waals surface area contributed by atoms with Crippen molar-refractivity contribution in [2.24, 2.45) is 0 Å². The largest absolute Gasteiger partial charge is 0.486 e. The zero-order valence-electron chi connectivity index (χ0n) is 16.8. The average molecular weight is 405 g/mol. The SMILES string of the molecule is Cc1noc(-c2ccc(C(=O)NC3(c4ccc5c(c4)OCCO5)CCCC3)cc2)n1. The standard InChI is InChI=1S/C23H23N3O4/c1-15-24-22(30-26-15)17-6-4-16(5-7-17)21(27)25-23(10-2-3-11-23)18-8-9-19-20(14-18)29-13-12-28-19/h4-9,14H,2-3,10-13H2,1H3,(H,25,27). The van der Waals surface area contributed by atoms with Crippen LogP contribution in [0.3, 0.4) is 0 Å².